The Balaban J connectivity index is 1.99. The van der Waals surface area contributed by atoms with Crippen molar-refractivity contribution >= 4 is 39.1 Å². The van der Waals surface area contributed by atoms with E-state index in [0.29, 0.717) is 28.5 Å². The number of hydrogen-bond donors (Lipinski definition) is 1. The third kappa shape index (κ3) is 3.05. The molecule has 6 nitrogen and oxygen atoms in total. The zero-order chi connectivity index (χ0) is 17.3. The molecular formula is C16H15ClN2O4S. The van der Waals surface area contributed by atoms with Crippen LogP contribution in [-0.2, 0) is 14.8 Å². The number of nitrogens with one attached hydrogen (secondary N) is 1. The molecule has 3 rings (SSSR count). The van der Waals surface area contributed by atoms with Crippen molar-refractivity contribution < 1.29 is 17.9 Å². The van der Waals surface area contributed by atoms with Crippen LogP contribution in [0.5, 0.6) is 0 Å². The highest BCUT2D eigenvalue weighted by atomic mass is 35.5. The fourth-order valence-corrected chi connectivity index (χ4v) is 4.06. The largest absolute Gasteiger partial charge is 0.447 e. The molecule has 0 aliphatic carbocycles. The van der Waals surface area contributed by atoms with Crippen LogP contribution in [0.4, 0.5) is 16.2 Å². The maximum atomic E-state index is 12.7. The number of carbonyl (C=O) groups excluding carboxylic acids is 1. The van der Waals surface area contributed by atoms with E-state index < -0.39 is 16.1 Å². The molecule has 0 bridgehead atoms. The number of ether oxygens (including phenoxy) is 1. The highest BCUT2D eigenvalue weighted by Crippen LogP contribution is 2.31. The van der Waals surface area contributed by atoms with Crippen molar-refractivity contribution in [2.45, 2.75) is 11.8 Å². The Morgan fingerprint density at radius 1 is 1.17 bits per heavy atom. The number of anilines is 2. The second-order valence-electron chi connectivity index (χ2n) is 5.25. The van der Waals surface area contributed by atoms with E-state index in [0.717, 1.165) is 0 Å². The van der Waals surface area contributed by atoms with Crippen LogP contribution < -0.4 is 9.62 Å². The minimum absolute atomic E-state index is 0.0915. The van der Waals surface area contributed by atoms with Gasteiger partial charge in [0.1, 0.15) is 6.61 Å². The van der Waals surface area contributed by atoms with Gasteiger partial charge in [-0.1, -0.05) is 29.8 Å². The molecule has 0 saturated carbocycles. The van der Waals surface area contributed by atoms with Crippen LogP contribution in [0, 0.1) is 6.92 Å². The van der Waals surface area contributed by atoms with Gasteiger partial charge >= 0.3 is 6.09 Å². The molecule has 1 N–H and O–H groups in total. The summed E-state index contributed by atoms with van der Waals surface area (Å²) >= 11 is 6.02. The fraction of sp³-hybridized carbons (Fsp3) is 0.188. The van der Waals surface area contributed by atoms with E-state index >= 15 is 0 Å². The van der Waals surface area contributed by atoms with Crippen LogP contribution in [0.2, 0.25) is 5.02 Å². The van der Waals surface area contributed by atoms with Gasteiger partial charge in [0.25, 0.3) is 10.0 Å². The van der Waals surface area contributed by atoms with Crippen LogP contribution in [0.3, 0.4) is 0 Å². The molecular weight excluding hydrogens is 352 g/mol. The van der Waals surface area contributed by atoms with E-state index in [1.807, 2.05) is 0 Å². The topological polar surface area (TPSA) is 75.7 Å². The van der Waals surface area contributed by atoms with Gasteiger partial charge in [0, 0.05) is 5.02 Å². The number of hydrogen-bond acceptors (Lipinski definition) is 4. The maximum absolute atomic E-state index is 12.7. The zero-order valence-electron chi connectivity index (χ0n) is 12.8. The van der Waals surface area contributed by atoms with E-state index in [1.54, 1.807) is 43.3 Å². The molecule has 0 spiro atoms. The Morgan fingerprint density at radius 2 is 1.92 bits per heavy atom. The molecule has 1 aliphatic rings. The van der Waals surface area contributed by atoms with E-state index in [4.69, 9.17) is 16.3 Å². The fourth-order valence-electron chi connectivity index (χ4n) is 2.49. The highest BCUT2D eigenvalue weighted by molar-refractivity contribution is 7.92. The number of carbonyl (C=O) groups is 1. The summed E-state index contributed by atoms with van der Waals surface area (Å²) in [5, 5.41) is 0.370. The first kappa shape index (κ1) is 16.6. The number of amides is 1. The number of benzene rings is 2. The molecule has 24 heavy (non-hydrogen) atoms. The van der Waals surface area contributed by atoms with Crippen molar-refractivity contribution in [3.8, 4) is 0 Å². The Morgan fingerprint density at radius 3 is 2.62 bits per heavy atom. The molecule has 8 heteroatoms. The van der Waals surface area contributed by atoms with Gasteiger partial charge in [-0.3, -0.25) is 9.62 Å². The van der Waals surface area contributed by atoms with Crippen molar-refractivity contribution in [2.24, 2.45) is 0 Å². The molecule has 1 heterocycles. The van der Waals surface area contributed by atoms with Crippen LogP contribution in [-0.4, -0.2) is 27.7 Å². The first-order valence-electron chi connectivity index (χ1n) is 7.21. The molecule has 1 saturated heterocycles. The second kappa shape index (κ2) is 6.33. The molecule has 1 aliphatic heterocycles. The minimum atomic E-state index is -3.85. The predicted octanol–water partition coefficient (Wildman–Crippen LogP) is 3.41. The zero-order valence-corrected chi connectivity index (χ0v) is 14.4. The summed E-state index contributed by atoms with van der Waals surface area (Å²) < 4.78 is 32.9. The van der Waals surface area contributed by atoms with Crippen molar-refractivity contribution in [2.75, 3.05) is 22.8 Å². The summed E-state index contributed by atoms with van der Waals surface area (Å²) in [4.78, 5) is 13.3. The maximum Gasteiger partial charge on any atom is 0.414 e. The molecule has 1 fully saturated rings. The van der Waals surface area contributed by atoms with Crippen molar-refractivity contribution in [1.82, 2.24) is 0 Å². The smallest absolute Gasteiger partial charge is 0.414 e. The number of halogens is 1. The number of para-hydroxylation sites is 2. The van der Waals surface area contributed by atoms with Gasteiger partial charge in [-0.15, -0.1) is 0 Å². The van der Waals surface area contributed by atoms with E-state index in [9.17, 15) is 13.2 Å². The monoisotopic (exact) mass is 366 g/mol. The van der Waals surface area contributed by atoms with Gasteiger partial charge in [0.2, 0.25) is 0 Å². The lowest BCUT2D eigenvalue weighted by Crippen LogP contribution is -2.25. The van der Waals surface area contributed by atoms with Crippen molar-refractivity contribution in [3.63, 3.8) is 0 Å². The summed E-state index contributed by atoms with van der Waals surface area (Å²) in [6.07, 6.45) is -0.499. The van der Waals surface area contributed by atoms with Crippen LogP contribution in [0.1, 0.15) is 5.56 Å². The first-order valence-corrected chi connectivity index (χ1v) is 9.07. The summed E-state index contributed by atoms with van der Waals surface area (Å²) in [5.74, 6) is 0. The minimum Gasteiger partial charge on any atom is -0.447 e. The first-order chi connectivity index (χ1) is 11.4. The average Bonchev–Trinajstić information content (AvgIpc) is 2.96. The van der Waals surface area contributed by atoms with Crippen molar-refractivity contribution in [3.05, 3.63) is 53.1 Å². The lowest BCUT2D eigenvalue weighted by molar-refractivity contribution is 0.181. The highest BCUT2D eigenvalue weighted by Gasteiger charge is 2.27. The van der Waals surface area contributed by atoms with Gasteiger partial charge in [-0.2, -0.15) is 0 Å². The Kier molecular flexibility index (Phi) is 4.38. The van der Waals surface area contributed by atoms with Gasteiger partial charge in [-0.25, -0.2) is 13.2 Å². The average molecular weight is 367 g/mol. The second-order valence-corrected chi connectivity index (χ2v) is 7.31. The molecule has 126 valence electrons. The Bertz CT molecular complexity index is 899. The Hall–Kier alpha value is -2.25. The molecule has 2 aromatic carbocycles. The van der Waals surface area contributed by atoms with Gasteiger partial charge in [0.05, 0.1) is 22.8 Å². The molecule has 0 radical (unpaired) electrons. The lowest BCUT2D eigenvalue weighted by Gasteiger charge is -2.19. The van der Waals surface area contributed by atoms with Crippen LogP contribution in [0.15, 0.2) is 47.4 Å². The normalized spacial score (nSPS) is 14.6. The van der Waals surface area contributed by atoms with Crippen LogP contribution in [0.25, 0.3) is 0 Å². The van der Waals surface area contributed by atoms with Gasteiger partial charge in [0.15, 0.2) is 0 Å². The van der Waals surface area contributed by atoms with E-state index in [1.165, 1.54) is 11.0 Å². The Labute approximate surface area is 145 Å². The van der Waals surface area contributed by atoms with Gasteiger partial charge in [-0.05, 0) is 36.8 Å². The van der Waals surface area contributed by atoms with Gasteiger partial charge < -0.3 is 4.74 Å². The summed E-state index contributed by atoms with van der Waals surface area (Å²) in [5.41, 5.74) is 1.21. The molecule has 0 unspecified atom stereocenters. The van der Waals surface area contributed by atoms with E-state index in [-0.39, 0.29) is 11.5 Å². The SMILES string of the molecule is Cc1c(Cl)cccc1S(=O)(=O)Nc1ccccc1N1CCOC1=O. The van der Waals surface area contributed by atoms with Crippen molar-refractivity contribution in [1.29, 1.82) is 0 Å². The van der Waals surface area contributed by atoms with Crippen LogP contribution >= 0.6 is 11.6 Å². The molecule has 0 aromatic heterocycles. The standard InChI is InChI=1S/C16H15ClN2O4S/c1-11-12(17)5-4-8-15(11)24(21,22)18-13-6-2-3-7-14(13)19-9-10-23-16(19)20/h2-8,18H,9-10H2,1H3. The number of cyclic esters (lactones) is 1. The molecule has 0 atom stereocenters. The summed E-state index contributed by atoms with van der Waals surface area (Å²) in [6, 6.07) is 11.4. The summed E-state index contributed by atoms with van der Waals surface area (Å²) in [6.45, 7) is 2.28. The third-order valence-corrected chi connectivity index (χ3v) is 5.63. The van der Waals surface area contributed by atoms with E-state index in [2.05, 4.69) is 4.72 Å². The number of nitrogens with zero attached hydrogens (tertiary/aromatic N) is 1. The molecule has 2 aromatic rings. The summed E-state index contributed by atoms with van der Waals surface area (Å²) in [7, 11) is -3.85. The number of rotatable bonds is 4. The third-order valence-electron chi connectivity index (χ3n) is 3.71. The number of sulfonamides is 1. The predicted molar refractivity (Wildman–Crippen MR) is 92.1 cm³/mol. The quantitative estimate of drug-likeness (QED) is 0.899. The lowest BCUT2D eigenvalue weighted by atomic mass is 10.2. The molecule has 1 amide bonds.